The Balaban J connectivity index is 2.24. The number of nitrogens with one attached hydrogen (secondary N) is 1. The number of anilines is 1. The lowest BCUT2D eigenvalue weighted by Gasteiger charge is -2.05. The second-order valence-corrected chi connectivity index (χ2v) is 7.20. The molecule has 1 N–H and O–H groups in total. The largest absolute Gasteiger partial charge is 0.461 e. The van der Waals surface area contributed by atoms with E-state index in [2.05, 4.69) is 14.9 Å². The van der Waals surface area contributed by atoms with Crippen molar-refractivity contribution < 1.29 is 22.7 Å². The molecule has 0 unspecified atom stereocenters. The van der Waals surface area contributed by atoms with Crippen LogP contribution in [0.5, 0.6) is 0 Å². The molecule has 0 aliphatic rings. The van der Waals surface area contributed by atoms with Crippen molar-refractivity contribution in [2.24, 2.45) is 0 Å². The van der Waals surface area contributed by atoms with Crippen LogP contribution < -0.4 is 5.32 Å². The standard InChI is InChI=1S/C13H13N3O5S2/c1-3-21-13(18)10-12(22-16-15-10)14-11(17)8-5-4-6-9(7-8)23(2,19)20/h4-7H,3H2,1-2H3,(H,14,17). The number of carbonyl (C=O) groups is 2. The van der Waals surface area contributed by atoms with Gasteiger partial charge in [0.2, 0.25) is 5.69 Å². The molecular weight excluding hydrogens is 342 g/mol. The first-order valence-electron chi connectivity index (χ1n) is 6.44. The number of carbonyl (C=O) groups excluding carboxylic acids is 2. The molecule has 1 aromatic carbocycles. The summed E-state index contributed by atoms with van der Waals surface area (Å²) in [6.07, 6.45) is 1.05. The van der Waals surface area contributed by atoms with Crippen LogP contribution in [-0.2, 0) is 14.6 Å². The Kier molecular flexibility index (Phi) is 5.06. The third-order valence-corrected chi connectivity index (χ3v) is 4.46. The molecule has 1 heterocycles. The van der Waals surface area contributed by atoms with E-state index in [4.69, 9.17) is 4.74 Å². The maximum Gasteiger partial charge on any atom is 0.362 e. The van der Waals surface area contributed by atoms with Crippen molar-refractivity contribution in [1.82, 2.24) is 9.59 Å². The quantitative estimate of drug-likeness (QED) is 0.805. The van der Waals surface area contributed by atoms with Gasteiger partial charge in [-0.1, -0.05) is 10.6 Å². The molecule has 0 aliphatic heterocycles. The number of benzene rings is 1. The predicted octanol–water partition coefficient (Wildman–Crippen LogP) is 1.37. The zero-order valence-electron chi connectivity index (χ0n) is 12.3. The first-order valence-corrected chi connectivity index (χ1v) is 9.10. The molecule has 0 fully saturated rings. The number of rotatable bonds is 5. The van der Waals surface area contributed by atoms with Gasteiger partial charge in [-0.25, -0.2) is 13.2 Å². The van der Waals surface area contributed by atoms with Crippen molar-refractivity contribution in [2.45, 2.75) is 11.8 Å². The summed E-state index contributed by atoms with van der Waals surface area (Å²) in [5, 5.41) is 6.24. The molecule has 8 nitrogen and oxygen atoms in total. The van der Waals surface area contributed by atoms with Gasteiger partial charge in [-0.2, -0.15) is 0 Å². The molecule has 0 saturated heterocycles. The molecule has 23 heavy (non-hydrogen) atoms. The van der Waals surface area contributed by atoms with Crippen LogP contribution in [-0.4, -0.2) is 42.7 Å². The molecular formula is C13H13N3O5S2. The summed E-state index contributed by atoms with van der Waals surface area (Å²) in [5.41, 5.74) is 0.0422. The minimum atomic E-state index is -3.43. The van der Waals surface area contributed by atoms with Crippen LogP contribution >= 0.6 is 11.5 Å². The Labute approximate surface area is 136 Å². The fraction of sp³-hybridized carbons (Fsp3) is 0.231. The molecule has 10 heteroatoms. The first-order chi connectivity index (χ1) is 10.8. The third-order valence-electron chi connectivity index (χ3n) is 2.71. The van der Waals surface area contributed by atoms with Crippen molar-refractivity contribution >= 4 is 38.2 Å². The summed E-state index contributed by atoms with van der Waals surface area (Å²) in [7, 11) is -3.43. The number of hydrogen-bond donors (Lipinski definition) is 1. The van der Waals surface area contributed by atoms with E-state index in [1.165, 1.54) is 24.3 Å². The van der Waals surface area contributed by atoms with Gasteiger partial charge in [0.25, 0.3) is 5.91 Å². The van der Waals surface area contributed by atoms with Gasteiger partial charge in [-0.15, -0.1) is 5.10 Å². The third kappa shape index (κ3) is 4.11. The highest BCUT2D eigenvalue weighted by Gasteiger charge is 2.20. The van der Waals surface area contributed by atoms with Crippen LogP contribution in [0.15, 0.2) is 29.2 Å². The number of esters is 1. The summed E-state index contributed by atoms with van der Waals surface area (Å²) in [5.74, 6) is -1.27. The molecule has 122 valence electrons. The van der Waals surface area contributed by atoms with Gasteiger partial charge in [0.1, 0.15) is 0 Å². The SMILES string of the molecule is CCOC(=O)c1nnsc1NC(=O)c1cccc(S(C)(=O)=O)c1. The molecule has 1 aromatic heterocycles. The molecule has 2 rings (SSSR count). The zero-order chi connectivity index (χ0) is 17.0. The lowest BCUT2D eigenvalue weighted by molar-refractivity contribution is 0.0520. The highest BCUT2D eigenvalue weighted by molar-refractivity contribution is 7.90. The van der Waals surface area contributed by atoms with Crippen molar-refractivity contribution in [3.63, 3.8) is 0 Å². The Morgan fingerprint density at radius 1 is 1.35 bits per heavy atom. The van der Waals surface area contributed by atoms with Crippen LogP contribution in [0.4, 0.5) is 5.00 Å². The van der Waals surface area contributed by atoms with E-state index in [1.54, 1.807) is 6.92 Å². The smallest absolute Gasteiger partial charge is 0.362 e. The lowest BCUT2D eigenvalue weighted by Crippen LogP contribution is -2.15. The van der Waals surface area contributed by atoms with Crippen LogP contribution in [0.2, 0.25) is 0 Å². The van der Waals surface area contributed by atoms with Gasteiger partial charge in [0.05, 0.1) is 11.5 Å². The van der Waals surface area contributed by atoms with Crippen molar-refractivity contribution in [3.8, 4) is 0 Å². The normalized spacial score (nSPS) is 11.0. The maximum absolute atomic E-state index is 12.2. The summed E-state index contributed by atoms with van der Waals surface area (Å²) >= 11 is 0.824. The lowest BCUT2D eigenvalue weighted by atomic mass is 10.2. The number of hydrogen-bond acceptors (Lipinski definition) is 8. The highest BCUT2D eigenvalue weighted by atomic mass is 32.2. The Bertz CT molecular complexity index is 845. The minimum Gasteiger partial charge on any atom is -0.461 e. The second-order valence-electron chi connectivity index (χ2n) is 4.43. The summed E-state index contributed by atoms with van der Waals surface area (Å²) in [6, 6.07) is 5.57. The Hall–Kier alpha value is -2.33. The van der Waals surface area contributed by atoms with Gasteiger partial charge in [-0.3, -0.25) is 4.79 Å². The van der Waals surface area contributed by atoms with Crippen molar-refractivity contribution in [3.05, 3.63) is 35.5 Å². The van der Waals surface area contributed by atoms with E-state index in [1.807, 2.05) is 0 Å². The number of amides is 1. The van der Waals surface area contributed by atoms with Crippen LogP contribution in [0, 0.1) is 0 Å². The van der Waals surface area contributed by atoms with E-state index >= 15 is 0 Å². The molecule has 0 bridgehead atoms. The number of ether oxygens (including phenoxy) is 1. The van der Waals surface area contributed by atoms with E-state index < -0.39 is 21.7 Å². The van der Waals surface area contributed by atoms with E-state index in [0.29, 0.717) is 0 Å². The highest BCUT2D eigenvalue weighted by Crippen LogP contribution is 2.20. The number of nitrogens with zero attached hydrogens (tertiary/aromatic N) is 2. The molecule has 0 aliphatic carbocycles. The zero-order valence-corrected chi connectivity index (χ0v) is 13.9. The molecule has 2 aromatic rings. The average Bonchev–Trinajstić information content (AvgIpc) is 2.95. The van der Waals surface area contributed by atoms with Crippen LogP contribution in [0.1, 0.15) is 27.8 Å². The van der Waals surface area contributed by atoms with E-state index in [-0.39, 0.29) is 27.8 Å². The molecule has 0 spiro atoms. The van der Waals surface area contributed by atoms with Crippen molar-refractivity contribution in [2.75, 3.05) is 18.2 Å². The molecule has 0 saturated carbocycles. The first kappa shape index (κ1) is 17.0. The Morgan fingerprint density at radius 3 is 2.74 bits per heavy atom. The summed E-state index contributed by atoms with van der Waals surface area (Å²) < 4.78 is 31.5. The fourth-order valence-electron chi connectivity index (χ4n) is 1.65. The van der Waals surface area contributed by atoms with E-state index in [9.17, 15) is 18.0 Å². The maximum atomic E-state index is 12.2. The Morgan fingerprint density at radius 2 is 2.09 bits per heavy atom. The van der Waals surface area contributed by atoms with Gasteiger partial charge < -0.3 is 10.1 Å². The minimum absolute atomic E-state index is 0.0261. The average molecular weight is 355 g/mol. The molecule has 0 atom stereocenters. The summed E-state index contributed by atoms with van der Waals surface area (Å²) in [6.45, 7) is 1.81. The van der Waals surface area contributed by atoms with Gasteiger partial charge in [0.15, 0.2) is 14.8 Å². The number of sulfone groups is 1. The monoisotopic (exact) mass is 355 g/mol. The van der Waals surface area contributed by atoms with Crippen molar-refractivity contribution in [1.29, 1.82) is 0 Å². The number of aromatic nitrogens is 2. The van der Waals surface area contributed by atoms with E-state index in [0.717, 1.165) is 17.8 Å². The fourth-order valence-corrected chi connectivity index (χ4v) is 2.87. The predicted molar refractivity (Wildman–Crippen MR) is 83.4 cm³/mol. The summed E-state index contributed by atoms with van der Waals surface area (Å²) in [4.78, 5) is 23.9. The van der Waals surface area contributed by atoms with Gasteiger partial charge >= 0.3 is 5.97 Å². The second kappa shape index (κ2) is 6.84. The van der Waals surface area contributed by atoms with Crippen LogP contribution in [0.25, 0.3) is 0 Å². The van der Waals surface area contributed by atoms with Crippen LogP contribution in [0.3, 0.4) is 0 Å². The topological polar surface area (TPSA) is 115 Å². The molecule has 0 radical (unpaired) electrons. The van der Waals surface area contributed by atoms with Gasteiger partial charge in [-0.05, 0) is 25.1 Å². The molecule has 1 amide bonds. The van der Waals surface area contributed by atoms with Gasteiger partial charge in [0, 0.05) is 23.4 Å².